The number of hydrogen-bond donors (Lipinski definition) is 0. The van der Waals surface area contributed by atoms with Crippen LogP contribution in [0.25, 0.3) is 17.1 Å². The van der Waals surface area contributed by atoms with Crippen LogP contribution in [-0.2, 0) is 5.75 Å². The number of benzene rings is 3. The van der Waals surface area contributed by atoms with Gasteiger partial charge in [-0.2, -0.15) is 5.26 Å². The SMILES string of the molecule is COc1ccc(-c2nnc(SCc3cccc(C#N)c3)n2-c2ccc(C)cc2)cc1OC. The van der Waals surface area contributed by atoms with Gasteiger partial charge in [0, 0.05) is 17.0 Å². The zero-order valence-electron chi connectivity index (χ0n) is 18.1. The van der Waals surface area contributed by atoms with Crippen molar-refractivity contribution in [3.05, 3.63) is 83.4 Å². The summed E-state index contributed by atoms with van der Waals surface area (Å²) in [6.07, 6.45) is 0. The van der Waals surface area contributed by atoms with Crippen molar-refractivity contribution in [3.63, 3.8) is 0 Å². The summed E-state index contributed by atoms with van der Waals surface area (Å²) in [7, 11) is 3.23. The standard InChI is InChI=1S/C25H22N4O2S/c1-17-7-10-21(11-8-17)29-24(20-9-12-22(30-2)23(14-20)31-3)27-28-25(29)32-16-19-6-4-5-18(13-19)15-26/h4-14H,16H2,1-3H3. The van der Waals surface area contributed by atoms with Crippen LogP contribution in [0.5, 0.6) is 11.5 Å². The molecule has 3 aromatic carbocycles. The van der Waals surface area contributed by atoms with Gasteiger partial charge in [0.25, 0.3) is 0 Å². The van der Waals surface area contributed by atoms with Crippen LogP contribution in [0.3, 0.4) is 0 Å². The lowest BCUT2D eigenvalue weighted by Gasteiger charge is -2.13. The maximum Gasteiger partial charge on any atom is 0.196 e. The maximum absolute atomic E-state index is 9.17. The van der Waals surface area contributed by atoms with Crippen LogP contribution >= 0.6 is 11.8 Å². The molecule has 0 saturated heterocycles. The molecule has 0 saturated carbocycles. The molecule has 0 aliphatic carbocycles. The molecule has 6 nitrogen and oxygen atoms in total. The van der Waals surface area contributed by atoms with Gasteiger partial charge in [0.15, 0.2) is 22.5 Å². The number of nitriles is 1. The zero-order valence-corrected chi connectivity index (χ0v) is 18.9. The van der Waals surface area contributed by atoms with Gasteiger partial charge in [-0.3, -0.25) is 4.57 Å². The molecule has 32 heavy (non-hydrogen) atoms. The van der Waals surface area contributed by atoms with E-state index in [4.69, 9.17) is 14.7 Å². The van der Waals surface area contributed by atoms with E-state index < -0.39 is 0 Å². The first-order valence-corrected chi connectivity index (χ1v) is 11.0. The summed E-state index contributed by atoms with van der Waals surface area (Å²) in [6, 6.07) is 23.8. The molecule has 1 heterocycles. The first-order chi connectivity index (χ1) is 15.6. The number of rotatable bonds is 7. The van der Waals surface area contributed by atoms with E-state index in [1.54, 1.807) is 32.0 Å². The summed E-state index contributed by atoms with van der Waals surface area (Å²) in [6.45, 7) is 2.06. The van der Waals surface area contributed by atoms with Gasteiger partial charge in [-0.15, -0.1) is 10.2 Å². The lowest BCUT2D eigenvalue weighted by molar-refractivity contribution is 0.355. The Hall–Kier alpha value is -3.76. The number of thioether (sulfide) groups is 1. The minimum atomic E-state index is 0.631. The fraction of sp³-hybridized carbons (Fsp3) is 0.160. The molecule has 4 rings (SSSR count). The Morgan fingerprint density at radius 3 is 2.44 bits per heavy atom. The van der Waals surface area contributed by atoms with Crippen molar-refractivity contribution in [1.82, 2.24) is 14.8 Å². The fourth-order valence-corrected chi connectivity index (χ4v) is 4.23. The third kappa shape index (κ3) is 4.46. The van der Waals surface area contributed by atoms with Crippen molar-refractivity contribution in [2.45, 2.75) is 17.8 Å². The minimum absolute atomic E-state index is 0.631. The van der Waals surface area contributed by atoms with Gasteiger partial charge >= 0.3 is 0 Å². The second kappa shape index (κ2) is 9.58. The Labute approximate surface area is 191 Å². The van der Waals surface area contributed by atoms with Crippen molar-refractivity contribution in [2.75, 3.05) is 14.2 Å². The molecule has 0 amide bonds. The highest BCUT2D eigenvalue weighted by molar-refractivity contribution is 7.98. The van der Waals surface area contributed by atoms with Crippen LogP contribution in [0, 0.1) is 18.3 Å². The number of aryl methyl sites for hydroxylation is 1. The molecule has 0 aliphatic rings. The third-order valence-corrected chi connectivity index (χ3v) is 5.99. The number of ether oxygens (including phenoxy) is 2. The first-order valence-electron chi connectivity index (χ1n) is 9.99. The lowest BCUT2D eigenvalue weighted by Crippen LogP contribution is -2.00. The summed E-state index contributed by atoms with van der Waals surface area (Å²) in [5.74, 6) is 2.67. The van der Waals surface area contributed by atoms with Crippen LogP contribution in [0.4, 0.5) is 0 Å². The van der Waals surface area contributed by atoms with Crippen LogP contribution in [-0.4, -0.2) is 29.0 Å². The van der Waals surface area contributed by atoms with Gasteiger partial charge in [0.1, 0.15) is 0 Å². The first kappa shape index (κ1) is 21.5. The Bertz CT molecular complexity index is 1280. The monoisotopic (exact) mass is 442 g/mol. The average molecular weight is 443 g/mol. The number of methoxy groups -OCH3 is 2. The molecule has 0 bridgehead atoms. The molecule has 0 fully saturated rings. The van der Waals surface area contributed by atoms with Gasteiger partial charge in [-0.05, 0) is 55.0 Å². The molecule has 0 aliphatic heterocycles. The maximum atomic E-state index is 9.17. The Balaban J connectivity index is 1.75. The molecule has 0 radical (unpaired) electrons. The molecule has 0 atom stereocenters. The van der Waals surface area contributed by atoms with Gasteiger partial charge in [0.05, 0.1) is 25.9 Å². The largest absolute Gasteiger partial charge is 0.493 e. The molecule has 0 N–H and O–H groups in total. The van der Waals surface area contributed by atoms with Crippen molar-refractivity contribution in [1.29, 1.82) is 5.26 Å². The summed E-state index contributed by atoms with van der Waals surface area (Å²) in [5.41, 5.74) is 4.72. The van der Waals surface area contributed by atoms with Gasteiger partial charge in [0.2, 0.25) is 0 Å². The van der Waals surface area contributed by atoms with Crippen LogP contribution in [0.2, 0.25) is 0 Å². The Morgan fingerprint density at radius 2 is 1.72 bits per heavy atom. The van der Waals surface area contributed by atoms with Crippen molar-refractivity contribution >= 4 is 11.8 Å². The van der Waals surface area contributed by atoms with E-state index in [9.17, 15) is 0 Å². The second-order valence-electron chi connectivity index (χ2n) is 7.15. The van der Waals surface area contributed by atoms with E-state index in [0.717, 1.165) is 22.0 Å². The summed E-state index contributed by atoms with van der Waals surface area (Å²) in [5, 5.41) is 18.9. The quantitative estimate of drug-likeness (QED) is 0.356. The Morgan fingerprint density at radius 1 is 0.938 bits per heavy atom. The van der Waals surface area contributed by atoms with E-state index in [2.05, 4.69) is 47.5 Å². The van der Waals surface area contributed by atoms with Crippen molar-refractivity contribution in [3.8, 4) is 34.6 Å². The average Bonchev–Trinajstić information content (AvgIpc) is 3.26. The van der Waals surface area contributed by atoms with E-state index in [1.807, 2.05) is 41.0 Å². The third-order valence-electron chi connectivity index (χ3n) is 4.99. The molecule has 0 spiro atoms. The number of aromatic nitrogens is 3. The minimum Gasteiger partial charge on any atom is -0.493 e. The predicted molar refractivity (Wildman–Crippen MR) is 125 cm³/mol. The lowest BCUT2D eigenvalue weighted by atomic mass is 10.1. The van der Waals surface area contributed by atoms with Crippen LogP contribution < -0.4 is 9.47 Å². The van der Waals surface area contributed by atoms with E-state index in [-0.39, 0.29) is 0 Å². The highest BCUT2D eigenvalue weighted by atomic mass is 32.2. The summed E-state index contributed by atoms with van der Waals surface area (Å²) >= 11 is 1.58. The van der Waals surface area contributed by atoms with E-state index in [0.29, 0.717) is 28.6 Å². The topological polar surface area (TPSA) is 73.0 Å². The molecule has 0 unspecified atom stereocenters. The molecule has 4 aromatic rings. The molecule has 7 heteroatoms. The van der Waals surface area contributed by atoms with Crippen molar-refractivity contribution < 1.29 is 9.47 Å². The highest BCUT2D eigenvalue weighted by Gasteiger charge is 2.18. The van der Waals surface area contributed by atoms with E-state index >= 15 is 0 Å². The smallest absolute Gasteiger partial charge is 0.196 e. The van der Waals surface area contributed by atoms with E-state index in [1.165, 1.54) is 5.56 Å². The summed E-state index contributed by atoms with van der Waals surface area (Å²) in [4.78, 5) is 0. The number of hydrogen-bond acceptors (Lipinski definition) is 6. The predicted octanol–water partition coefficient (Wildman–Crippen LogP) is 5.42. The fourth-order valence-electron chi connectivity index (χ4n) is 3.33. The highest BCUT2D eigenvalue weighted by Crippen LogP contribution is 2.35. The zero-order chi connectivity index (χ0) is 22.5. The summed E-state index contributed by atoms with van der Waals surface area (Å²) < 4.78 is 12.9. The van der Waals surface area contributed by atoms with Gasteiger partial charge in [-0.1, -0.05) is 41.6 Å². The molecule has 160 valence electrons. The van der Waals surface area contributed by atoms with Gasteiger partial charge < -0.3 is 9.47 Å². The van der Waals surface area contributed by atoms with Crippen molar-refractivity contribution in [2.24, 2.45) is 0 Å². The second-order valence-corrected chi connectivity index (χ2v) is 8.09. The van der Waals surface area contributed by atoms with Gasteiger partial charge in [-0.25, -0.2) is 0 Å². The molecule has 1 aromatic heterocycles. The van der Waals surface area contributed by atoms with Crippen LogP contribution in [0.1, 0.15) is 16.7 Å². The van der Waals surface area contributed by atoms with Crippen LogP contribution in [0.15, 0.2) is 71.9 Å². The Kier molecular flexibility index (Phi) is 6.43. The molecular weight excluding hydrogens is 420 g/mol. The number of nitrogens with zero attached hydrogens (tertiary/aromatic N) is 4. The molecular formula is C25H22N4O2S. The normalized spacial score (nSPS) is 10.6.